The van der Waals surface area contributed by atoms with Crippen LogP contribution in [0.5, 0.6) is 10.9 Å². The molecule has 2 heterocycles. The second-order valence-corrected chi connectivity index (χ2v) is 4.44. The van der Waals surface area contributed by atoms with E-state index < -0.39 is 0 Å². The highest BCUT2D eigenvalue weighted by atomic mass is 32.1. The molecule has 1 aromatic carbocycles. The van der Waals surface area contributed by atoms with Gasteiger partial charge in [0.1, 0.15) is 5.75 Å². The van der Waals surface area contributed by atoms with Gasteiger partial charge in [-0.15, -0.1) is 0 Å². The maximum absolute atomic E-state index is 5.47. The zero-order valence-electron chi connectivity index (χ0n) is 8.90. The van der Waals surface area contributed by atoms with E-state index in [-0.39, 0.29) is 0 Å². The first-order chi connectivity index (χ1) is 7.86. The van der Waals surface area contributed by atoms with E-state index in [9.17, 15) is 0 Å². The lowest BCUT2D eigenvalue weighted by Gasteiger charge is -2.01. The molecule has 0 bridgehead atoms. The molecule has 0 atom stereocenters. The lowest BCUT2D eigenvalue weighted by Crippen LogP contribution is -1.85. The molecular formula is C12H11NO2S. The summed E-state index contributed by atoms with van der Waals surface area (Å²) in [6.07, 6.45) is 0.991. The van der Waals surface area contributed by atoms with E-state index in [0.29, 0.717) is 5.19 Å². The molecule has 1 aliphatic rings. The topological polar surface area (TPSA) is 31.4 Å². The van der Waals surface area contributed by atoms with Gasteiger partial charge in [-0.3, -0.25) is 0 Å². The van der Waals surface area contributed by atoms with E-state index in [2.05, 4.69) is 11.1 Å². The fourth-order valence-electron chi connectivity index (χ4n) is 1.83. The van der Waals surface area contributed by atoms with Gasteiger partial charge in [-0.25, -0.2) is 4.98 Å². The van der Waals surface area contributed by atoms with Crippen LogP contribution in [0, 0.1) is 0 Å². The van der Waals surface area contributed by atoms with Crippen molar-refractivity contribution in [3.63, 3.8) is 0 Å². The molecule has 4 heteroatoms. The summed E-state index contributed by atoms with van der Waals surface area (Å²) in [5.74, 6) is 1.01. The molecule has 1 aliphatic heterocycles. The van der Waals surface area contributed by atoms with Crippen molar-refractivity contribution in [1.82, 2.24) is 4.98 Å². The third-order valence-corrected chi connectivity index (χ3v) is 3.44. The molecule has 3 nitrogen and oxygen atoms in total. The molecule has 0 N–H and O–H groups in total. The normalized spacial score (nSPS) is 13.3. The van der Waals surface area contributed by atoms with E-state index in [4.69, 9.17) is 9.47 Å². The molecule has 1 aromatic heterocycles. The molecule has 0 spiro atoms. The Morgan fingerprint density at radius 1 is 1.44 bits per heavy atom. The Morgan fingerprint density at radius 3 is 3.19 bits per heavy atom. The molecule has 16 heavy (non-hydrogen) atoms. The van der Waals surface area contributed by atoms with Crippen molar-refractivity contribution in [2.45, 2.75) is 6.42 Å². The van der Waals surface area contributed by atoms with Gasteiger partial charge in [-0.05, 0) is 23.8 Å². The third kappa shape index (κ3) is 1.55. The van der Waals surface area contributed by atoms with Gasteiger partial charge in [0.25, 0.3) is 5.19 Å². The Morgan fingerprint density at radius 2 is 2.38 bits per heavy atom. The fourth-order valence-corrected chi connectivity index (χ4v) is 2.48. The molecule has 0 radical (unpaired) electrons. The van der Waals surface area contributed by atoms with Crippen LogP contribution in [0.4, 0.5) is 0 Å². The van der Waals surface area contributed by atoms with Crippen LogP contribution in [0.25, 0.3) is 11.3 Å². The van der Waals surface area contributed by atoms with Crippen LogP contribution in [0.1, 0.15) is 5.56 Å². The van der Waals surface area contributed by atoms with Crippen molar-refractivity contribution in [3.05, 3.63) is 29.1 Å². The highest BCUT2D eigenvalue weighted by molar-refractivity contribution is 7.11. The first-order valence-electron chi connectivity index (χ1n) is 5.12. The van der Waals surface area contributed by atoms with Crippen molar-refractivity contribution in [2.75, 3.05) is 13.7 Å². The number of fused-ring (bicyclic) bond motifs is 1. The maximum Gasteiger partial charge on any atom is 0.273 e. The van der Waals surface area contributed by atoms with Crippen molar-refractivity contribution in [3.8, 4) is 22.2 Å². The number of rotatable bonds is 2. The van der Waals surface area contributed by atoms with E-state index >= 15 is 0 Å². The van der Waals surface area contributed by atoms with E-state index in [1.807, 2.05) is 17.5 Å². The Balaban J connectivity index is 2.00. The van der Waals surface area contributed by atoms with Crippen LogP contribution < -0.4 is 9.47 Å². The Bertz CT molecular complexity index is 521. The fraction of sp³-hybridized carbons (Fsp3) is 0.250. The number of ether oxygens (including phenoxy) is 2. The molecule has 0 amide bonds. The minimum absolute atomic E-state index is 0.701. The molecule has 0 fully saturated rings. The summed E-state index contributed by atoms with van der Waals surface area (Å²) in [5, 5.41) is 2.71. The van der Waals surface area contributed by atoms with Gasteiger partial charge in [-0.1, -0.05) is 11.3 Å². The summed E-state index contributed by atoms with van der Waals surface area (Å²) in [7, 11) is 1.64. The van der Waals surface area contributed by atoms with Gasteiger partial charge in [0.15, 0.2) is 0 Å². The van der Waals surface area contributed by atoms with Gasteiger partial charge in [0, 0.05) is 17.4 Å². The zero-order valence-corrected chi connectivity index (χ0v) is 9.71. The summed E-state index contributed by atoms with van der Waals surface area (Å²) in [5.41, 5.74) is 3.37. The lowest BCUT2D eigenvalue weighted by molar-refractivity contribution is 0.357. The number of hydrogen-bond donors (Lipinski definition) is 0. The van der Waals surface area contributed by atoms with Crippen LogP contribution in [0.2, 0.25) is 0 Å². The second kappa shape index (κ2) is 3.79. The summed E-state index contributed by atoms with van der Waals surface area (Å²) >= 11 is 1.51. The SMILES string of the molecule is COc1nc(-c2ccc3c(c2)CCO3)cs1. The highest BCUT2D eigenvalue weighted by Gasteiger charge is 2.13. The molecule has 0 aliphatic carbocycles. The van der Waals surface area contributed by atoms with E-state index in [0.717, 1.165) is 30.0 Å². The van der Waals surface area contributed by atoms with Crippen LogP contribution >= 0.6 is 11.3 Å². The standard InChI is InChI=1S/C12H11NO2S/c1-14-12-13-10(7-16-12)8-2-3-11-9(6-8)4-5-15-11/h2-3,6-7H,4-5H2,1H3. The quantitative estimate of drug-likeness (QED) is 0.799. The van der Waals surface area contributed by atoms with Crippen LogP contribution in [0.15, 0.2) is 23.6 Å². The summed E-state index contributed by atoms with van der Waals surface area (Å²) in [6, 6.07) is 6.21. The van der Waals surface area contributed by atoms with E-state index in [1.54, 1.807) is 7.11 Å². The number of methoxy groups -OCH3 is 1. The molecule has 0 saturated carbocycles. The van der Waals surface area contributed by atoms with Gasteiger partial charge in [0.05, 0.1) is 19.4 Å². The number of hydrogen-bond acceptors (Lipinski definition) is 4. The van der Waals surface area contributed by atoms with Gasteiger partial charge >= 0.3 is 0 Å². The van der Waals surface area contributed by atoms with Crippen molar-refractivity contribution < 1.29 is 9.47 Å². The van der Waals surface area contributed by atoms with Crippen molar-refractivity contribution >= 4 is 11.3 Å². The van der Waals surface area contributed by atoms with Gasteiger partial charge in [0.2, 0.25) is 0 Å². The molecule has 82 valence electrons. The van der Waals surface area contributed by atoms with Crippen LogP contribution in [-0.4, -0.2) is 18.7 Å². The maximum atomic E-state index is 5.47. The smallest absolute Gasteiger partial charge is 0.273 e. The summed E-state index contributed by atoms with van der Waals surface area (Å²) in [4.78, 5) is 4.38. The first kappa shape index (κ1) is 9.66. The highest BCUT2D eigenvalue weighted by Crippen LogP contribution is 2.32. The Kier molecular flexibility index (Phi) is 2.29. The predicted octanol–water partition coefficient (Wildman–Crippen LogP) is 2.75. The van der Waals surface area contributed by atoms with Crippen LogP contribution in [0.3, 0.4) is 0 Å². The minimum Gasteiger partial charge on any atom is -0.493 e. The first-order valence-corrected chi connectivity index (χ1v) is 6.00. The summed E-state index contributed by atoms with van der Waals surface area (Å²) < 4.78 is 10.6. The lowest BCUT2D eigenvalue weighted by atomic mass is 10.1. The van der Waals surface area contributed by atoms with Crippen LogP contribution in [-0.2, 0) is 6.42 Å². The average molecular weight is 233 g/mol. The molecule has 3 rings (SSSR count). The second-order valence-electron chi connectivity index (χ2n) is 3.62. The summed E-state index contributed by atoms with van der Waals surface area (Å²) in [6.45, 7) is 0.791. The van der Waals surface area contributed by atoms with Crippen molar-refractivity contribution in [2.24, 2.45) is 0 Å². The number of benzene rings is 1. The van der Waals surface area contributed by atoms with E-state index in [1.165, 1.54) is 16.9 Å². The zero-order chi connectivity index (χ0) is 11.0. The van der Waals surface area contributed by atoms with Gasteiger partial charge < -0.3 is 9.47 Å². The average Bonchev–Trinajstić information content (AvgIpc) is 2.96. The van der Waals surface area contributed by atoms with Gasteiger partial charge in [-0.2, -0.15) is 0 Å². The Labute approximate surface area is 97.7 Å². The molecule has 2 aromatic rings. The number of thiazole rings is 1. The minimum atomic E-state index is 0.701. The third-order valence-electron chi connectivity index (χ3n) is 2.64. The predicted molar refractivity (Wildman–Crippen MR) is 63.3 cm³/mol. The molecule has 0 unspecified atom stereocenters. The monoisotopic (exact) mass is 233 g/mol. The van der Waals surface area contributed by atoms with Crippen molar-refractivity contribution in [1.29, 1.82) is 0 Å². The Hall–Kier alpha value is -1.55. The molecular weight excluding hydrogens is 222 g/mol. The molecule has 0 saturated heterocycles. The largest absolute Gasteiger partial charge is 0.493 e. The number of aromatic nitrogens is 1. The number of nitrogens with zero attached hydrogens (tertiary/aromatic N) is 1.